The van der Waals surface area contributed by atoms with Gasteiger partial charge in [0.25, 0.3) is 0 Å². The van der Waals surface area contributed by atoms with Crippen LogP contribution in [-0.2, 0) is 10.2 Å². The van der Waals surface area contributed by atoms with Gasteiger partial charge in [0.2, 0.25) is 0 Å². The average Bonchev–Trinajstić information content (AvgIpc) is 2.18. The van der Waals surface area contributed by atoms with E-state index in [1.165, 1.54) is 0 Å². The van der Waals surface area contributed by atoms with Gasteiger partial charge in [0, 0.05) is 0 Å². The van der Waals surface area contributed by atoms with Crippen molar-refractivity contribution in [3.8, 4) is 0 Å². The summed E-state index contributed by atoms with van der Waals surface area (Å²) in [5.74, 6) is 0. The number of hydrogen-bond acceptors (Lipinski definition) is 3. The van der Waals surface area contributed by atoms with Crippen molar-refractivity contribution in [1.82, 2.24) is 4.13 Å². The number of hydrogen-bond donors (Lipinski definition) is 2. The minimum atomic E-state index is -3.70. The van der Waals surface area contributed by atoms with Crippen molar-refractivity contribution in [3.63, 3.8) is 0 Å². The lowest BCUT2D eigenvalue weighted by molar-refractivity contribution is 0.594. The van der Waals surface area contributed by atoms with Crippen LogP contribution < -0.4 is 8.85 Å². The van der Waals surface area contributed by atoms with E-state index in [9.17, 15) is 12.8 Å². The Morgan fingerprint density at radius 2 is 2.07 bits per heavy atom. The Bertz CT molecular complexity index is 422. The van der Waals surface area contributed by atoms with E-state index >= 15 is 0 Å². The minimum absolute atomic E-state index is 0.473. The topological polar surface area (TPSA) is 58.2 Å². The maximum Gasteiger partial charge on any atom is 0.308 e. The number of nitrogens with one attached hydrogen (secondary N) is 2. The van der Waals surface area contributed by atoms with Crippen LogP contribution in [0.5, 0.6) is 0 Å². The van der Waals surface area contributed by atoms with E-state index in [1.54, 1.807) is 31.2 Å². The first-order valence-corrected chi connectivity index (χ1v) is 6.55. The molecule has 1 rings (SSSR count). The minimum Gasteiger partial charge on any atom is -0.270 e. The van der Waals surface area contributed by atoms with Crippen molar-refractivity contribution < 1.29 is 12.8 Å². The summed E-state index contributed by atoms with van der Waals surface area (Å²) in [6, 6.07) is 6.12. The quantitative estimate of drug-likeness (QED) is 0.784. The molecule has 0 aliphatic rings. The summed E-state index contributed by atoms with van der Waals surface area (Å²) in [4.78, 5) is 0. The number of benzene rings is 1. The summed E-state index contributed by atoms with van der Waals surface area (Å²) in [5, 5.41) is 0. The molecule has 0 unspecified atom stereocenters. The molecule has 7 heteroatoms. The summed E-state index contributed by atoms with van der Waals surface area (Å²) in [5.41, 5.74) is 1.28. The Labute approximate surface area is 92.6 Å². The lowest BCUT2D eigenvalue weighted by Gasteiger charge is -2.09. The Morgan fingerprint density at radius 1 is 1.40 bits per heavy atom. The molecule has 84 valence electrons. The SMILES string of the molecule is Cc1ccccc1NS(=O)(=O)NSCF. The molecule has 0 fully saturated rings. The molecule has 0 aromatic heterocycles. The highest BCUT2D eigenvalue weighted by molar-refractivity contribution is 8.09. The van der Waals surface area contributed by atoms with Crippen LogP contribution in [0.25, 0.3) is 0 Å². The second-order valence-corrected chi connectivity index (χ2v) is 5.14. The maximum atomic E-state index is 11.7. The van der Waals surface area contributed by atoms with Crippen LogP contribution in [0, 0.1) is 6.92 Å². The number of alkyl halides is 1. The molecule has 0 heterocycles. The fourth-order valence-corrected chi connectivity index (χ4v) is 2.44. The van der Waals surface area contributed by atoms with Crippen molar-refractivity contribution in [3.05, 3.63) is 29.8 Å². The molecule has 0 spiro atoms. The molecule has 0 bridgehead atoms. The van der Waals surface area contributed by atoms with Crippen LogP contribution in [0.4, 0.5) is 10.1 Å². The third-order valence-corrected chi connectivity index (χ3v) is 3.56. The van der Waals surface area contributed by atoms with Gasteiger partial charge in [-0.25, -0.2) is 4.39 Å². The summed E-state index contributed by atoms with van der Waals surface area (Å²) >= 11 is 0.473. The first-order chi connectivity index (χ1) is 7.05. The number of halogens is 1. The van der Waals surface area contributed by atoms with Gasteiger partial charge in [0.15, 0.2) is 0 Å². The van der Waals surface area contributed by atoms with E-state index in [0.717, 1.165) is 5.56 Å². The van der Waals surface area contributed by atoms with Crippen molar-refractivity contribution >= 4 is 27.8 Å². The van der Waals surface area contributed by atoms with Crippen LogP contribution in [-0.4, -0.2) is 14.4 Å². The maximum absolute atomic E-state index is 11.7. The molecule has 0 atom stereocenters. The molecule has 2 N–H and O–H groups in total. The number of aryl methyl sites for hydroxylation is 1. The zero-order valence-electron chi connectivity index (χ0n) is 8.03. The zero-order chi connectivity index (χ0) is 11.3. The number of para-hydroxylation sites is 1. The summed E-state index contributed by atoms with van der Waals surface area (Å²) in [7, 11) is -3.70. The van der Waals surface area contributed by atoms with Gasteiger partial charge < -0.3 is 0 Å². The standard InChI is InChI=1S/C8H11FN2O2S2/c1-7-4-2-3-5-8(7)10-15(12,13)11-14-6-9/h2-5,10-11H,6H2,1H3. The highest BCUT2D eigenvalue weighted by Crippen LogP contribution is 2.14. The highest BCUT2D eigenvalue weighted by atomic mass is 32.3. The predicted octanol–water partition coefficient (Wildman–Crippen LogP) is 1.82. The van der Waals surface area contributed by atoms with E-state index in [2.05, 4.69) is 4.72 Å². The molecule has 4 nitrogen and oxygen atoms in total. The second kappa shape index (κ2) is 5.34. The molecule has 0 aliphatic carbocycles. The molecule has 0 amide bonds. The molecular weight excluding hydrogens is 239 g/mol. The average molecular weight is 250 g/mol. The van der Waals surface area contributed by atoms with E-state index in [-0.39, 0.29) is 0 Å². The van der Waals surface area contributed by atoms with Crippen LogP contribution in [0.15, 0.2) is 24.3 Å². The van der Waals surface area contributed by atoms with E-state index in [4.69, 9.17) is 0 Å². The first-order valence-electron chi connectivity index (χ1n) is 4.08. The summed E-state index contributed by atoms with van der Waals surface area (Å²) in [6.45, 7) is 1.78. The predicted molar refractivity (Wildman–Crippen MR) is 60.4 cm³/mol. The molecular formula is C8H11FN2O2S2. The summed E-state index contributed by atoms with van der Waals surface area (Å²) < 4.78 is 38.6. The third-order valence-electron chi connectivity index (χ3n) is 1.61. The van der Waals surface area contributed by atoms with Crippen molar-refractivity contribution in [2.45, 2.75) is 6.92 Å². The van der Waals surface area contributed by atoms with E-state index < -0.39 is 16.2 Å². The monoisotopic (exact) mass is 250 g/mol. The van der Waals surface area contributed by atoms with Gasteiger partial charge in [-0.2, -0.15) is 8.42 Å². The second-order valence-electron chi connectivity index (χ2n) is 2.76. The normalized spacial score (nSPS) is 11.3. The lowest BCUT2D eigenvalue weighted by atomic mass is 10.2. The summed E-state index contributed by atoms with van der Waals surface area (Å²) in [6.07, 6.45) is 0. The number of rotatable bonds is 5. The molecule has 1 aromatic carbocycles. The van der Waals surface area contributed by atoms with Gasteiger partial charge in [-0.1, -0.05) is 18.2 Å². The van der Waals surface area contributed by atoms with Gasteiger partial charge in [-0.15, -0.1) is 4.13 Å². The Kier molecular flexibility index (Phi) is 4.37. The van der Waals surface area contributed by atoms with Crippen molar-refractivity contribution in [1.29, 1.82) is 0 Å². The fraction of sp³-hybridized carbons (Fsp3) is 0.250. The number of anilines is 1. The Morgan fingerprint density at radius 3 is 2.67 bits per heavy atom. The molecule has 0 saturated heterocycles. The fourth-order valence-electron chi connectivity index (χ4n) is 0.953. The highest BCUT2D eigenvalue weighted by Gasteiger charge is 2.10. The molecule has 0 aliphatic heterocycles. The van der Waals surface area contributed by atoms with Gasteiger partial charge in [0.05, 0.1) is 5.69 Å². The molecule has 0 radical (unpaired) electrons. The van der Waals surface area contributed by atoms with Crippen LogP contribution in [0.3, 0.4) is 0 Å². The Hall–Kier alpha value is -0.790. The molecule has 15 heavy (non-hydrogen) atoms. The van der Waals surface area contributed by atoms with Crippen molar-refractivity contribution in [2.75, 3.05) is 10.7 Å². The van der Waals surface area contributed by atoms with Crippen LogP contribution in [0.1, 0.15) is 5.56 Å². The smallest absolute Gasteiger partial charge is 0.270 e. The molecule has 1 aromatic rings. The largest absolute Gasteiger partial charge is 0.308 e. The van der Waals surface area contributed by atoms with Gasteiger partial charge >= 0.3 is 10.2 Å². The van der Waals surface area contributed by atoms with E-state index in [0.29, 0.717) is 17.6 Å². The zero-order valence-corrected chi connectivity index (χ0v) is 9.66. The Balaban J connectivity index is 2.74. The first kappa shape index (κ1) is 12.3. The van der Waals surface area contributed by atoms with Gasteiger partial charge in [-0.3, -0.25) is 4.72 Å². The lowest BCUT2D eigenvalue weighted by Crippen LogP contribution is -2.25. The van der Waals surface area contributed by atoms with E-state index in [1.807, 2.05) is 4.13 Å². The van der Waals surface area contributed by atoms with Gasteiger partial charge in [-0.05, 0) is 30.5 Å². The van der Waals surface area contributed by atoms with Crippen LogP contribution in [0.2, 0.25) is 0 Å². The molecule has 0 saturated carbocycles. The van der Waals surface area contributed by atoms with Crippen LogP contribution >= 0.6 is 11.9 Å². The van der Waals surface area contributed by atoms with Gasteiger partial charge in [0.1, 0.15) is 6.01 Å². The van der Waals surface area contributed by atoms with Crippen molar-refractivity contribution in [2.24, 2.45) is 0 Å². The third kappa shape index (κ3) is 4.06.